The lowest BCUT2D eigenvalue weighted by Crippen LogP contribution is -2.26. The Kier molecular flexibility index (Phi) is 2.35. The largest absolute Gasteiger partial charge is 0.312 e. The Bertz CT molecular complexity index is 320. The van der Waals surface area contributed by atoms with Crippen LogP contribution in [0.25, 0.3) is 0 Å². The van der Waals surface area contributed by atoms with Crippen molar-refractivity contribution in [1.29, 1.82) is 0 Å². The van der Waals surface area contributed by atoms with Crippen LogP contribution in [0.3, 0.4) is 0 Å². The van der Waals surface area contributed by atoms with Crippen molar-refractivity contribution < 1.29 is 0 Å². The van der Waals surface area contributed by atoms with Gasteiger partial charge in [-0.3, -0.25) is 4.68 Å². The summed E-state index contributed by atoms with van der Waals surface area (Å²) in [6, 6.07) is 0. The summed E-state index contributed by atoms with van der Waals surface area (Å²) < 4.78 is 2.18. The molecule has 0 aliphatic carbocycles. The van der Waals surface area contributed by atoms with E-state index in [0.29, 0.717) is 5.41 Å². The highest BCUT2D eigenvalue weighted by atomic mass is 15.3. The first-order valence-corrected chi connectivity index (χ1v) is 5.30. The van der Waals surface area contributed by atoms with Crippen molar-refractivity contribution in [2.45, 2.75) is 40.3 Å². The molecule has 2 heterocycles. The molecular formula is C11H19N3. The van der Waals surface area contributed by atoms with Gasteiger partial charge in [-0.1, -0.05) is 20.8 Å². The third-order valence-electron chi connectivity index (χ3n) is 2.51. The van der Waals surface area contributed by atoms with Crippen molar-refractivity contribution in [3.63, 3.8) is 0 Å². The zero-order valence-electron chi connectivity index (χ0n) is 9.30. The van der Waals surface area contributed by atoms with Gasteiger partial charge in [-0.25, -0.2) is 0 Å². The van der Waals surface area contributed by atoms with Gasteiger partial charge in [-0.05, 0) is 5.41 Å². The van der Waals surface area contributed by atoms with E-state index in [1.807, 2.05) is 6.20 Å². The number of aromatic nitrogens is 2. The van der Waals surface area contributed by atoms with Crippen LogP contribution in [0, 0.1) is 5.41 Å². The minimum Gasteiger partial charge on any atom is -0.312 e. The summed E-state index contributed by atoms with van der Waals surface area (Å²) >= 11 is 0. The molecule has 3 heteroatoms. The van der Waals surface area contributed by atoms with Crippen LogP contribution in [0.2, 0.25) is 0 Å². The van der Waals surface area contributed by atoms with E-state index in [4.69, 9.17) is 0 Å². The number of fused-ring (bicyclic) bond motifs is 1. The van der Waals surface area contributed by atoms with Crippen molar-refractivity contribution in [3.8, 4) is 0 Å². The maximum atomic E-state index is 4.46. The van der Waals surface area contributed by atoms with Gasteiger partial charge in [-0.2, -0.15) is 5.10 Å². The molecule has 1 aromatic heterocycles. The van der Waals surface area contributed by atoms with E-state index in [0.717, 1.165) is 26.1 Å². The second-order valence-electron chi connectivity index (χ2n) is 5.26. The highest BCUT2D eigenvalue weighted by Crippen LogP contribution is 2.20. The SMILES string of the molecule is CC(C)(C)Cn1ncc2c1CCNC2. The maximum absolute atomic E-state index is 4.46. The first-order valence-electron chi connectivity index (χ1n) is 5.30. The Labute approximate surface area is 85.5 Å². The fourth-order valence-electron chi connectivity index (χ4n) is 1.90. The summed E-state index contributed by atoms with van der Waals surface area (Å²) in [4.78, 5) is 0. The minimum atomic E-state index is 0.310. The lowest BCUT2D eigenvalue weighted by atomic mass is 9.97. The van der Waals surface area contributed by atoms with Crippen LogP contribution >= 0.6 is 0 Å². The molecule has 78 valence electrons. The minimum absolute atomic E-state index is 0.310. The lowest BCUT2D eigenvalue weighted by Gasteiger charge is -2.21. The number of rotatable bonds is 1. The maximum Gasteiger partial charge on any atom is 0.0537 e. The molecule has 0 atom stereocenters. The van der Waals surface area contributed by atoms with Crippen LogP contribution in [-0.4, -0.2) is 16.3 Å². The molecule has 0 radical (unpaired) electrons. The third kappa shape index (κ3) is 1.98. The predicted octanol–water partition coefficient (Wildman–Crippen LogP) is 1.57. The molecule has 1 aromatic rings. The Morgan fingerprint density at radius 2 is 2.29 bits per heavy atom. The average molecular weight is 193 g/mol. The Hall–Kier alpha value is -0.830. The highest BCUT2D eigenvalue weighted by Gasteiger charge is 2.18. The van der Waals surface area contributed by atoms with E-state index in [-0.39, 0.29) is 0 Å². The molecule has 0 saturated carbocycles. The average Bonchev–Trinajstić information content (AvgIpc) is 2.47. The monoisotopic (exact) mass is 193 g/mol. The van der Waals surface area contributed by atoms with Crippen molar-refractivity contribution in [1.82, 2.24) is 15.1 Å². The number of hydrogen-bond acceptors (Lipinski definition) is 2. The van der Waals surface area contributed by atoms with Gasteiger partial charge in [-0.15, -0.1) is 0 Å². The standard InChI is InChI=1S/C11H19N3/c1-11(2,3)8-14-10-4-5-12-6-9(10)7-13-14/h7,12H,4-6,8H2,1-3H3. The van der Waals surface area contributed by atoms with Crippen LogP contribution in [-0.2, 0) is 19.5 Å². The van der Waals surface area contributed by atoms with Crippen molar-refractivity contribution in [2.24, 2.45) is 5.41 Å². The van der Waals surface area contributed by atoms with Gasteiger partial charge >= 0.3 is 0 Å². The molecule has 0 aromatic carbocycles. The molecule has 0 unspecified atom stereocenters. The van der Waals surface area contributed by atoms with E-state index in [2.05, 4.69) is 35.9 Å². The van der Waals surface area contributed by atoms with E-state index in [9.17, 15) is 0 Å². The summed E-state index contributed by atoms with van der Waals surface area (Å²) in [7, 11) is 0. The zero-order chi connectivity index (χ0) is 10.2. The van der Waals surface area contributed by atoms with Gasteiger partial charge < -0.3 is 5.32 Å². The predicted molar refractivity (Wildman–Crippen MR) is 57.1 cm³/mol. The van der Waals surface area contributed by atoms with Crippen LogP contribution in [0.15, 0.2) is 6.20 Å². The van der Waals surface area contributed by atoms with Crippen molar-refractivity contribution in [2.75, 3.05) is 6.54 Å². The number of nitrogens with zero attached hydrogens (tertiary/aromatic N) is 2. The molecule has 1 aliphatic rings. The summed E-state index contributed by atoms with van der Waals surface area (Å²) in [5.74, 6) is 0. The molecule has 0 fully saturated rings. The fourth-order valence-corrected chi connectivity index (χ4v) is 1.90. The van der Waals surface area contributed by atoms with Crippen molar-refractivity contribution in [3.05, 3.63) is 17.5 Å². The summed E-state index contributed by atoms with van der Waals surface area (Å²) in [6.45, 7) is 9.84. The molecule has 2 rings (SSSR count). The molecule has 1 aliphatic heterocycles. The highest BCUT2D eigenvalue weighted by molar-refractivity contribution is 5.20. The zero-order valence-corrected chi connectivity index (χ0v) is 9.30. The molecule has 0 saturated heterocycles. The van der Waals surface area contributed by atoms with E-state index < -0.39 is 0 Å². The molecule has 3 nitrogen and oxygen atoms in total. The number of hydrogen-bond donors (Lipinski definition) is 1. The van der Waals surface area contributed by atoms with Crippen LogP contribution in [0.4, 0.5) is 0 Å². The molecule has 0 amide bonds. The first-order chi connectivity index (χ1) is 6.56. The smallest absolute Gasteiger partial charge is 0.0537 e. The van der Waals surface area contributed by atoms with Gasteiger partial charge in [0.15, 0.2) is 0 Å². The molecule has 0 spiro atoms. The van der Waals surface area contributed by atoms with Gasteiger partial charge in [0.1, 0.15) is 0 Å². The second-order valence-corrected chi connectivity index (χ2v) is 5.26. The lowest BCUT2D eigenvalue weighted by molar-refractivity contribution is 0.318. The van der Waals surface area contributed by atoms with Gasteiger partial charge in [0.25, 0.3) is 0 Å². The van der Waals surface area contributed by atoms with Gasteiger partial charge in [0, 0.05) is 37.3 Å². The Morgan fingerprint density at radius 3 is 3.00 bits per heavy atom. The summed E-state index contributed by atoms with van der Waals surface area (Å²) in [5, 5.41) is 7.82. The molecule has 0 bridgehead atoms. The topological polar surface area (TPSA) is 29.9 Å². The molecule has 14 heavy (non-hydrogen) atoms. The third-order valence-corrected chi connectivity index (χ3v) is 2.51. The summed E-state index contributed by atoms with van der Waals surface area (Å²) in [5.41, 5.74) is 3.11. The van der Waals surface area contributed by atoms with Gasteiger partial charge in [0.2, 0.25) is 0 Å². The molecule has 1 N–H and O–H groups in total. The second kappa shape index (κ2) is 3.39. The van der Waals surface area contributed by atoms with E-state index in [1.54, 1.807) is 0 Å². The Morgan fingerprint density at radius 1 is 1.50 bits per heavy atom. The van der Waals surface area contributed by atoms with Crippen LogP contribution < -0.4 is 5.32 Å². The van der Waals surface area contributed by atoms with E-state index in [1.165, 1.54) is 11.3 Å². The summed E-state index contributed by atoms with van der Waals surface area (Å²) in [6.07, 6.45) is 3.12. The quantitative estimate of drug-likeness (QED) is 0.734. The van der Waals surface area contributed by atoms with E-state index >= 15 is 0 Å². The van der Waals surface area contributed by atoms with Gasteiger partial charge in [0.05, 0.1) is 6.20 Å². The Balaban J connectivity index is 2.22. The normalized spacial score (nSPS) is 16.8. The first kappa shape index (κ1) is 9.71. The van der Waals surface area contributed by atoms with Crippen molar-refractivity contribution >= 4 is 0 Å². The van der Waals surface area contributed by atoms with Crippen LogP contribution in [0.1, 0.15) is 32.0 Å². The number of nitrogens with one attached hydrogen (secondary N) is 1. The fraction of sp³-hybridized carbons (Fsp3) is 0.727. The molecular weight excluding hydrogens is 174 g/mol. The van der Waals surface area contributed by atoms with Crippen LogP contribution in [0.5, 0.6) is 0 Å².